The maximum Gasteiger partial charge on any atom is 0.416 e. The molecule has 1 amide bonds. The summed E-state index contributed by atoms with van der Waals surface area (Å²) in [7, 11) is 0. The second-order valence-electron chi connectivity index (χ2n) is 7.35. The normalized spacial score (nSPS) is 14.8. The molecule has 3 rings (SSSR count). The third-order valence-corrected chi connectivity index (χ3v) is 5.00. The number of benzene rings is 2. The fourth-order valence-corrected chi connectivity index (χ4v) is 3.34. The Morgan fingerprint density at radius 2 is 1.84 bits per heavy atom. The Morgan fingerprint density at radius 3 is 2.44 bits per heavy atom. The number of nitro groups is 1. The van der Waals surface area contributed by atoms with Gasteiger partial charge in [-0.25, -0.2) is 0 Å². The SMILES string of the molecule is O=C(NCC(O)COc1ccc(C(F)(F)F)cc1)c1ccc(N2CCCC2)c([N+](=O)[O-])c1. The van der Waals surface area contributed by atoms with E-state index in [1.807, 2.05) is 4.90 Å². The number of nitrogens with one attached hydrogen (secondary N) is 1. The van der Waals surface area contributed by atoms with E-state index in [0.717, 1.165) is 50.2 Å². The third-order valence-electron chi connectivity index (χ3n) is 5.00. The molecule has 2 aromatic rings. The number of aliphatic hydroxyl groups excluding tert-OH is 1. The van der Waals surface area contributed by atoms with Gasteiger partial charge in [-0.2, -0.15) is 13.2 Å². The molecule has 0 radical (unpaired) electrons. The first kappa shape index (κ1) is 23.3. The molecular weight excluding hydrogens is 431 g/mol. The largest absolute Gasteiger partial charge is 0.491 e. The number of halogens is 3. The number of carbonyl (C=O) groups is 1. The minimum absolute atomic E-state index is 0.0792. The summed E-state index contributed by atoms with van der Waals surface area (Å²) in [6.07, 6.45) is -3.69. The lowest BCUT2D eigenvalue weighted by molar-refractivity contribution is -0.384. The number of ether oxygens (including phenoxy) is 1. The van der Waals surface area contributed by atoms with Crippen LogP contribution in [0, 0.1) is 10.1 Å². The first-order valence-corrected chi connectivity index (χ1v) is 9.95. The smallest absolute Gasteiger partial charge is 0.416 e. The van der Waals surface area contributed by atoms with Crippen LogP contribution in [0.2, 0.25) is 0 Å². The molecule has 0 saturated carbocycles. The topological polar surface area (TPSA) is 105 Å². The molecule has 172 valence electrons. The number of nitro benzene ring substituents is 1. The van der Waals surface area contributed by atoms with Crippen molar-refractivity contribution < 1.29 is 32.7 Å². The van der Waals surface area contributed by atoms with E-state index < -0.39 is 28.7 Å². The molecule has 1 unspecified atom stereocenters. The zero-order valence-corrected chi connectivity index (χ0v) is 17.0. The molecule has 1 heterocycles. The second kappa shape index (κ2) is 9.86. The monoisotopic (exact) mass is 453 g/mol. The number of aliphatic hydroxyl groups is 1. The summed E-state index contributed by atoms with van der Waals surface area (Å²) < 4.78 is 42.9. The Hall–Kier alpha value is -3.34. The average Bonchev–Trinajstić information content (AvgIpc) is 3.30. The van der Waals surface area contributed by atoms with Gasteiger partial charge in [0, 0.05) is 31.3 Å². The van der Waals surface area contributed by atoms with Crippen LogP contribution in [0.25, 0.3) is 0 Å². The molecule has 1 atom stereocenters. The molecule has 0 spiro atoms. The zero-order valence-electron chi connectivity index (χ0n) is 17.0. The molecule has 1 aliphatic heterocycles. The van der Waals surface area contributed by atoms with E-state index in [2.05, 4.69) is 5.32 Å². The molecule has 0 bridgehead atoms. The number of hydrogen-bond acceptors (Lipinski definition) is 6. The Kier molecular flexibility index (Phi) is 7.18. The van der Waals surface area contributed by atoms with Gasteiger partial charge in [-0.3, -0.25) is 14.9 Å². The van der Waals surface area contributed by atoms with E-state index in [-0.39, 0.29) is 30.2 Å². The lowest BCUT2D eigenvalue weighted by atomic mass is 10.1. The van der Waals surface area contributed by atoms with E-state index in [1.165, 1.54) is 12.1 Å². The van der Waals surface area contributed by atoms with Crippen molar-refractivity contribution in [3.8, 4) is 5.75 Å². The Labute approximate surface area is 181 Å². The fraction of sp³-hybridized carbons (Fsp3) is 0.381. The van der Waals surface area contributed by atoms with Gasteiger partial charge in [0.15, 0.2) is 0 Å². The molecule has 0 aliphatic carbocycles. The highest BCUT2D eigenvalue weighted by atomic mass is 19.4. The zero-order chi connectivity index (χ0) is 23.3. The van der Waals surface area contributed by atoms with E-state index in [1.54, 1.807) is 6.07 Å². The quantitative estimate of drug-likeness (QED) is 0.469. The van der Waals surface area contributed by atoms with Crippen molar-refractivity contribution in [3.63, 3.8) is 0 Å². The fourth-order valence-electron chi connectivity index (χ4n) is 3.34. The van der Waals surface area contributed by atoms with Crippen molar-refractivity contribution in [3.05, 3.63) is 63.7 Å². The van der Waals surface area contributed by atoms with Crippen molar-refractivity contribution in [2.75, 3.05) is 31.1 Å². The summed E-state index contributed by atoms with van der Waals surface area (Å²) >= 11 is 0. The van der Waals surface area contributed by atoms with Crippen LogP contribution in [0.1, 0.15) is 28.8 Å². The second-order valence-corrected chi connectivity index (χ2v) is 7.35. The number of carbonyl (C=O) groups excluding carboxylic acids is 1. The van der Waals surface area contributed by atoms with E-state index in [9.17, 15) is 33.2 Å². The standard InChI is InChI=1S/C21H22F3N3O5/c22-21(23,24)15-4-6-17(7-5-15)32-13-16(28)12-25-20(29)14-3-8-18(19(11-14)27(30)31)26-9-1-2-10-26/h3-8,11,16,28H,1-2,9-10,12-13H2,(H,25,29). The summed E-state index contributed by atoms with van der Waals surface area (Å²) in [5, 5.41) is 23.9. The number of amides is 1. The Balaban J connectivity index is 1.53. The van der Waals surface area contributed by atoms with Crippen LogP contribution in [-0.2, 0) is 6.18 Å². The van der Waals surface area contributed by atoms with Crippen molar-refractivity contribution in [2.24, 2.45) is 0 Å². The lowest BCUT2D eigenvalue weighted by Crippen LogP contribution is -2.35. The Bertz CT molecular complexity index is 960. The Morgan fingerprint density at radius 1 is 1.19 bits per heavy atom. The predicted octanol–water partition coefficient (Wildman–Crippen LogP) is 3.38. The molecular formula is C21H22F3N3O5. The summed E-state index contributed by atoms with van der Waals surface area (Å²) in [6, 6.07) is 8.23. The van der Waals surface area contributed by atoms with Gasteiger partial charge in [0.05, 0.1) is 10.5 Å². The van der Waals surface area contributed by atoms with Crippen LogP contribution in [0.15, 0.2) is 42.5 Å². The van der Waals surface area contributed by atoms with Crippen LogP contribution in [0.5, 0.6) is 5.75 Å². The van der Waals surface area contributed by atoms with Gasteiger partial charge in [-0.1, -0.05) is 0 Å². The molecule has 1 saturated heterocycles. The van der Waals surface area contributed by atoms with Crippen molar-refractivity contribution in [1.82, 2.24) is 5.32 Å². The molecule has 2 N–H and O–H groups in total. The summed E-state index contributed by atoms with van der Waals surface area (Å²) in [5.74, 6) is -0.467. The van der Waals surface area contributed by atoms with Crippen molar-refractivity contribution in [1.29, 1.82) is 0 Å². The summed E-state index contributed by atoms with van der Waals surface area (Å²) in [5.41, 5.74) is -0.433. The third kappa shape index (κ3) is 5.88. The number of anilines is 1. The van der Waals surface area contributed by atoms with Gasteiger partial charge < -0.3 is 20.1 Å². The number of nitrogens with zero attached hydrogens (tertiary/aromatic N) is 2. The molecule has 8 nitrogen and oxygen atoms in total. The molecule has 1 aliphatic rings. The highest BCUT2D eigenvalue weighted by Crippen LogP contribution is 2.32. The lowest BCUT2D eigenvalue weighted by Gasteiger charge is -2.18. The molecule has 32 heavy (non-hydrogen) atoms. The van der Waals surface area contributed by atoms with Crippen molar-refractivity contribution >= 4 is 17.3 Å². The molecule has 2 aromatic carbocycles. The average molecular weight is 453 g/mol. The van der Waals surface area contributed by atoms with Gasteiger partial charge in [0.2, 0.25) is 0 Å². The number of rotatable bonds is 8. The first-order valence-electron chi connectivity index (χ1n) is 9.95. The summed E-state index contributed by atoms with van der Waals surface area (Å²) in [6.45, 7) is 0.968. The van der Waals surface area contributed by atoms with E-state index in [0.29, 0.717) is 5.69 Å². The maximum absolute atomic E-state index is 12.6. The molecule has 1 fully saturated rings. The van der Waals surface area contributed by atoms with Gasteiger partial charge in [-0.05, 0) is 49.2 Å². The minimum Gasteiger partial charge on any atom is -0.491 e. The van der Waals surface area contributed by atoms with E-state index in [4.69, 9.17) is 4.74 Å². The number of alkyl halides is 3. The van der Waals surface area contributed by atoms with Crippen molar-refractivity contribution in [2.45, 2.75) is 25.1 Å². The highest BCUT2D eigenvalue weighted by molar-refractivity contribution is 5.95. The number of hydrogen-bond donors (Lipinski definition) is 2. The molecule has 0 aromatic heterocycles. The van der Waals surface area contributed by atoms with Crippen LogP contribution in [0.3, 0.4) is 0 Å². The van der Waals surface area contributed by atoms with Gasteiger partial charge >= 0.3 is 6.18 Å². The molecule has 11 heteroatoms. The highest BCUT2D eigenvalue weighted by Gasteiger charge is 2.30. The van der Waals surface area contributed by atoms with Gasteiger partial charge in [-0.15, -0.1) is 0 Å². The van der Waals surface area contributed by atoms with Crippen LogP contribution in [-0.4, -0.2) is 48.3 Å². The van der Waals surface area contributed by atoms with Gasteiger partial charge in [0.1, 0.15) is 24.1 Å². The first-order chi connectivity index (χ1) is 15.1. The van der Waals surface area contributed by atoms with Crippen LogP contribution < -0.4 is 15.0 Å². The minimum atomic E-state index is -4.45. The van der Waals surface area contributed by atoms with Crippen LogP contribution >= 0.6 is 0 Å². The summed E-state index contributed by atoms with van der Waals surface area (Å²) in [4.78, 5) is 25.2. The maximum atomic E-state index is 12.6. The van der Waals surface area contributed by atoms with Crippen LogP contribution in [0.4, 0.5) is 24.5 Å². The van der Waals surface area contributed by atoms with Gasteiger partial charge in [0.25, 0.3) is 11.6 Å². The predicted molar refractivity (Wildman–Crippen MR) is 110 cm³/mol. The van der Waals surface area contributed by atoms with E-state index >= 15 is 0 Å².